The van der Waals surface area contributed by atoms with Crippen LogP contribution in [0.4, 0.5) is 0 Å². The number of rotatable bonds is 4. The first-order chi connectivity index (χ1) is 13.1. The summed E-state index contributed by atoms with van der Waals surface area (Å²) in [6, 6.07) is 16.2. The molecule has 2 aromatic carbocycles. The Balaban J connectivity index is 1.43. The van der Waals surface area contributed by atoms with Gasteiger partial charge in [-0.2, -0.15) is 0 Å². The normalized spacial score (nSPS) is 16.7. The van der Waals surface area contributed by atoms with Crippen molar-refractivity contribution in [2.24, 2.45) is 0 Å². The number of likely N-dealkylation sites (N-methyl/N-ethyl adjacent to an activating group) is 2. The van der Waals surface area contributed by atoms with Gasteiger partial charge in [0.2, 0.25) is 0 Å². The fraction of sp³-hybridized carbons (Fsp3) is 0.300. The zero-order valence-electron chi connectivity index (χ0n) is 15.5. The van der Waals surface area contributed by atoms with Crippen LogP contribution in [-0.2, 0) is 13.0 Å². The lowest BCUT2D eigenvalue weighted by Gasteiger charge is -2.36. The maximum absolute atomic E-state index is 12.8. The monoisotopic (exact) mass is 362 g/mol. The first-order valence-corrected chi connectivity index (χ1v) is 8.98. The lowest BCUT2D eigenvalue weighted by molar-refractivity contribution is 0.0733. The molecule has 138 valence electrons. The average molecular weight is 362 g/mol. The summed E-state index contributed by atoms with van der Waals surface area (Å²) in [5.41, 5.74) is 4.24. The summed E-state index contributed by atoms with van der Waals surface area (Å²) in [5.74, 6) is 0.0190. The van der Waals surface area contributed by atoms with Gasteiger partial charge in [-0.15, -0.1) is 5.10 Å². The van der Waals surface area contributed by atoms with E-state index in [0.29, 0.717) is 18.2 Å². The number of fused-ring (bicyclic) bond motifs is 1. The molecule has 0 fully saturated rings. The molecule has 1 atom stereocenters. The zero-order valence-corrected chi connectivity index (χ0v) is 15.5. The smallest absolute Gasteiger partial charge is 0.253 e. The van der Waals surface area contributed by atoms with E-state index in [0.717, 1.165) is 18.7 Å². The topological polar surface area (TPSA) is 67.2 Å². The summed E-state index contributed by atoms with van der Waals surface area (Å²) in [6.45, 7) is 1.61. The molecule has 7 heteroatoms. The van der Waals surface area contributed by atoms with Crippen LogP contribution in [-0.4, -0.2) is 62.6 Å². The SMILES string of the molecule is CN(C[C@H]1Cc2ccccc2CN1C)C(=O)c1ccc(-n2cnnn2)cc1. The molecule has 0 radical (unpaired) electrons. The summed E-state index contributed by atoms with van der Waals surface area (Å²) >= 11 is 0. The van der Waals surface area contributed by atoms with E-state index in [1.807, 2.05) is 31.3 Å². The quantitative estimate of drug-likeness (QED) is 0.708. The van der Waals surface area contributed by atoms with E-state index in [1.54, 1.807) is 9.58 Å². The number of nitrogens with zero attached hydrogens (tertiary/aromatic N) is 6. The van der Waals surface area contributed by atoms with Crippen molar-refractivity contribution >= 4 is 5.91 Å². The molecule has 2 heterocycles. The molecule has 0 saturated carbocycles. The molecule has 0 aliphatic carbocycles. The molecule has 0 bridgehead atoms. The molecule has 0 N–H and O–H groups in total. The largest absolute Gasteiger partial charge is 0.340 e. The van der Waals surface area contributed by atoms with E-state index in [1.165, 1.54) is 17.5 Å². The van der Waals surface area contributed by atoms with Crippen LogP contribution in [0.15, 0.2) is 54.9 Å². The minimum Gasteiger partial charge on any atom is -0.340 e. The molecule has 0 unspecified atom stereocenters. The number of carbonyl (C=O) groups excluding carboxylic acids is 1. The third kappa shape index (κ3) is 3.59. The molecule has 4 rings (SSSR count). The second kappa shape index (κ2) is 7.28. The van der Waals surface area contributed by atoms with Gasteiger partial charge in [-0.05, 0) is 59.3 Å². The van der Waals surface area contributed by atoms with E-state index < -0.39 is 0 Å². The Morgan fingerprint density at radius 3 is 2.59 bits per heavy atom. The highest BCUT2D eigenvalue weighted by Gasteiger charge is 2.25. The Morgan fingerprint density at radius 1 is 1.15 bits per heavy atom. The van der Waals surface area contributed by atoms with Crippen molar-refractivity contribution in [1.82, 2.24) is 30.0 Å². The third-order valence-corrected chi connectivity index (χ3v) is 5.18. The van der Waals surface area contributed by atoms with Crippen LogP contribution >= 0.6 is 0 Å². The van der Waals surface area contributed by atoms with Crippen molar-refractivity contribution in [3.05, 3.63) is 71.5 Å². The van der Waals surface area contributed by atoms with Gasteiger partial charge in [0.1, 0.15) is 6.33 Å². The van der Waals surface area contributed by atoms with E-state index in [2.05, 4.69) is 51.7 Å². The van der Waals surface area contributed by atoms with Gasteiger partial charge < -0.3 is 4.90 Å². The van der Waals surface area contributed by atoms with Gasteiger partial charge in [-0.1, -0.05) is 24.3 Å². The van der Waals surface area contributed by atoms with E-state index in [4.69, 9.17) is 0 Å². The Morgan fingerprint density at radius 2 is 1.89 bits per heavy atom. The number of hydrogen-bond acceptors (Lipinski definition) is 5. The number of aromatic nitrogens is 4. The number of carbonyl (C=O) groups is 1. The van der Waals surface area contributed by atoms with Crippen LogP contribution in [0.25, 0.3) is 5.69 Å². The van der Waals surface area contributed by atoms with Gasteiger partial charge in [0.15, 0.2) is 0 Å². The van der Waals surface area contributed by atoms with Gasteiger partial charge in [-0.3, -0.25) is 9.69 Å². The van der Waals surface area contributed by atoms with Gasteiger partial charge in [-0.25, -0.2) is 4.68 Å². The van der Waals surface area contributed by atoms with Gasteiger partial charge >= 0.3 is 0 Å². The minimum atomic E-state index is 0.0190. The van der Waals surface area contributed by atoms with Gasteiger partial charge in [0, 0.05) is 31.7 Å². The number of tetrazole rings is 1. The maximum atomic E-state index is 12.8. The van der Waals surface area contributed by atoms with Crippen LogP contribution in [0.2, 0.25) is 0 Å². The van der Waals surface area contributed by atoms with Gasteiger partial charge in [0.05, 0.1) is 5.69 Å². The van der Waals surface area contributed by atoms with Crippen molar-refractivity contribution in [2.75, 3.05) is 20.6 Å². The molecule has 0 saturated heterocycles. The highest BCUT2D eigenvalue weighted by Crippen LogP contribution is 2.22. The molecule has 3 aromatic rings. The van der Waals surface area contributed by atoms with Crippen molar-refractivity contribution in [3.8, 4) is 5.69 Å². The fourth-order valence-electron chi connectivity index (χ4n) is 3.58. The summed E-state index contributed by atoms with van der Waals surface area (Å²) < 4.78 is 1.56. The first-order valence-electron chi connectivity index (χ1n) is 8.98. The molecule has 1 aromatic heterocycles. The summed E-state index contributed by atoms with van der Waals surface area (Å²) in [7, 11) is 3.99. The van der Waals surface area contributed by atoms with Crippen LogP contribution in [0.1, 0.15) is 21.5 Å². The molecule has 7 nitrogen and oxygen atoms in total. The summed E-state index contributed by atoms with van der Waals surface area (Å²) in [5, 5.41) is 11.1. The Bertz CT molecular complexity index is 922. The van der Waals surface area contributed by atoms with Gasteiger partial charge in [0.25, 0.3) is 5.91 Å². The predicted molar refractivity (Wildman–Crippen MR) is 102 cm³/mol. The standard InChI is InChI=1S/C20H22N6O/c1-24-12-17-6-4-3-5-16(17)11-19(24)13-25(2)20(27)15-7-9-18(10-8-15)26-14-21-22-23-26/h3-10,14,19H,11-13H2,1-2H3/t19-/m1/s1. The molecule has 27 heavy (non-hydrogen) atoms. The minimum absolute atomic E-state index is 0.0190. The summed E-state index contributed by atoms with van der Waals surface area (Å²) in [6.07, 6.45) is 2.49. The number of amides is 1. The average Bonchev–Trinajstić information content (AvgIpc) is 3.23. The predicted octanol–water partition coefficient (Wildman–Crippen LogP) is 1.79. The molecule has 1 amide bonds. The van der Waals surface area contributed by atoms with E-state index in [-0.39, 0.29) is 5.91 Å². The highest BCUT2D eigenvalue weighted by atomic mass is 16.2. The van der Waals surface area contributed by atoms with Crippen molar-refractivity contribution in [2.45, 2.75) is 19.0 Å². The van der Waals surface area contributed by atoms with Crippen molar-refractivity contribution < 1.29 is 4.79 Å². The Hall–Kier alpha value is -3.06. The van der Waals surface area contributed by atoms with Crippen LogP contribution in [0.3, 0.4) is 0 Å². The second-order valence-electron chi connectivity index (χ2n) is 7.03. The lowest BCUT2D eigenvalue weighted by atomic mass is 9.94. The lowest BCUT2D eigenvalue weighted by Crippen LogP contribution is -2.46. The zero-order chi connectivity index (χ0) is 18.8. The van der Waals surface area contributed by atoms with Crippen LogP contribution < -0.4 is 0 Å². The van der Waals surface area contributed by atoms with Crippen LogP contribution in [0, 0.1) is 0 Å². The van der Waals surface area contributed by atoms with Crippen molar-refractivity contribution in [1.29, 1.82) is 0 Å². The number of hydrogen-bond donors (Lipinski definition) is 0. The third-order valence-electron chi connectivity index (χ3n) is 5.18. The molecular weight excluding hydrogens is 340 g/mol. The van der Waals surface area contributed by atoms with Crippen molar-refractivity contribution in [3.63, 3.8) is 0 Å². The second-order valence-corrected chi connectivity index (χ2v) is 7.03. The molecule has 1 aliphatic rings. The fourth-order valence-corrected chi connectivity index (χ4v) is 3.58. The first kappa shape index (κ1) is 17.4. The maximum Gasteiger partial charge on any atom is 0.253 e. The Kier molecular flexibility index (Phi) is 4.68. The molecule has 0 spiro atoms. The van der Waals surface area contributed by atoms with E-state index in [9.17, 15) is 4.79 Å². The highest BCUT2D eigenvalue weighted by molar-refractivity contribution is 5.94. The number of benzene rings is 2. The van der Waals surface area contributed by atoms with Crippen LogP contribution in [0.5, 0.6) is 0 Å². The molecular formula is C20H22N6O. The molecule has 1 aliphatic heterocycles. The Labute approximate surface area is 158 Å². The summed E-state index contributed by atoms with van der Waals surface area (Å²) in [4.78, 5) is 17.0. The van der Waals surface area contributed by atoms with E-state index >= 15 is 0 Å².